The molecule has 0 aliphatic heterocycles. The molecule has 1 aromatic heterocycles. The molecule has 0 aliphatic rings. The van der Waals surface area contributed by atoms with Gasteiger partial charge in [0.1, 0.15) is 12.4 Å². The Kier molecular flexibility index (Phi) is 3.90. The largest absolute Gasteiger partial charge is 0.487 e. The average molecular weight is 258 g/mol. The molecule has 100 valence electrons. The van der Waals surface area contributed by atoms with Gasteiger partial charge in [0, 0.05) is 17.8 Å². The van der Waals surface area contributed by atoms with Crippen molar-refractivity contribution in [3.63, 3.8) is 0 Å². The first-order valence-corrected chi connectivity index (χ1v) is 6.09. The third kappa shape index (κ3) is 3.16. The van der Waals surface area contributed by atoms with Crippen LogP contribution in [0.1, 0.15) is 16.8 Å². The first kappa shape index (κ1) is 13.2. The van der Waals surface area contributed by atoms with Gasteiger partial charge in [-0.15, -0.1) is 0 Å². The summed E-state index contributed by atoms with van der Waals surface area (Å²) >= 11 is 0. The van der Waals surface area contributed by atoms with Crippen LogP contribution >= 0.6 is 0 Å². The smallest absolute Gasteiger partial charge is 0.213 e. The van der Waals surface area contributed by atoms with Crippen LogP contribution < -0.4 is 15.2 Å². The molecular formula is C15H18N2O2. The summed E-state index contributed by atoms with van der Waals surface area (Å²) < 4.78 is 10.8. The Bertz CT molecular complexity index is 582. The molecule has 2 aromatic rings. The van der Waals surface area contributed by atoms with E-state index in [2.05, 4.69) is 4.98 Å². The molecule has 0 radical (unpaired) electrons. The zero-order valence-electron chi connectivity index (χ0n) is 11.4. The molecule has 1 heterocycles. The Hall–Kier alpha value is -2.23. The van der Waals surface area contributed by atoms with E-state index in [1.807, 2.05) is 38.1 Å². The lowest BCUT2D eigenvalue weighted by atomic mass is 10.1. The predicted octanol–water partition coefficient (Wildman–Crippen LogP) is 2.87. The molecule has 0 saturated carbocycles. The Balaban J connectivity index is 2.12. The molecule has 0 spiro atoms. The summed E-state index contributed by atoms with van der Waals surface area (Å²) in [5, 5.41) is 0. The second-order valence-electron chi connectivity index (χ2n) is 4.43. The highest BCUT2D eigenvalue weighted by atomic mass is 16.5. The fourth-order valence-corrected chi connectivity index (χ4v) is 1.81. The topological polar surface area (TPSA) is 57.4 Å². The monoisotopic (exact) mass is 258 g/mol. The summed E-state index contributed by atoms with van der Waals surface area (Å²) in [6.45, 7) is 4.37. The summed E-state index contributed by atoms with van der Waals surface area (Å²) in [5.74, 6) is 1.37. The van der Waals surface area contributed by atoms with Crippen LogP contribution in [0.5, 0.6) is 11.6 Å². The van der Waals surface area contributed by atoms with E-state index in [9.17, 15) is 0 Å². The zero-order chi connectivity index (χ0) is 13.8. The van der Waals surface area contributed by atoms with Gasteiger partial charge in [0.15, 0.2) is 0 Å². The van der Waals surface area contributed by atoms with E-state index in [-0.39, 0.29) is 0 Å². The number of benzene rings is 1. The summed E-state index contributed by atoms with van der Waals surface area (Å²) in [5.41, 5.74) is 9.57. The molecule has 1 aromatic carbocycles. The summed E-state index contributed by atoms with van der Waals surface area (Å²) in [6.07, 6.45) is 0. The fourth-order valence-electron chi connectivity index (χ4n) is 1.81. The van der Waals surface area contributed by atoms with Crippen molar-refractivity contribution in [3.05, 3.63) is 47.2 Å². The quantitative estimate of drug-likeness (QED) is 0.857. The average Bonchev–Trinajstić information content (AvgIpc) is 2.41. The third-order valence-electron chi connectivity index (χ3n) is 2.93. The number of nitrogen functional groups attached to an aromatic ring is 1. The van der Waals surface area contributed by atoms with Gasteiger partial charge in [-0.25, -0.2) is 4.98 Å². The minimum Gasteiger partial charge on any atom is -0.487 e. The molecule has 2 N–H and O–H groups in total. The fraction of sp³-hybridized carbons (Fsp3) is 0.267. The lowest BCUT2D eigenvalue weighted by molar-refractivity contribution is 0.296. The molecular weight excluding hydrogens is 240 g/mol. The SMILES string of the molecule is COc1cccc(COc2cc(N)c(C)cc2C)n1. The molecule has 0 bridgehead atoms. The van der Waals surface area contributed by atoms with Gasteiger partial charge in [-0.05, 0) is 31.0 Å². The van der Waals surface area contributed by atoms with Gasteiger partial charge in [-0.2, -0.15) is 0 Å². The minimum atomic E-state index is 0.389. The molecule has 2 rings (SSSR count). The van der Waals surface area contributed by atoms with E-state index >= 15 is 0 Å². The highest BCUT2D eigenvalue weighted by Crippen LogP contribution is 2.25. The highest BCUT2D eigenvalue weighted by molar-refractivity contribution is 5.54. The van der Waals surface area contributed by atoms with E-state index in [0.29, 0.717) is 12.5 Å². The van der Waals surface area contributed by atoms with Crippen LogP contribution in [-0.2, 0) is 6.61 Å². The number of nitrogens with zero attached hydrogens (tertiary/aromatic N) is 1. The van der Waals surface area contributed by atoms with E-state index in [1.54, 1.807) is 13.2 Å². The standard InChI is InChI=1S/C15H18N2O2/c1-10-7-11(2)14(8-13(10)16)19-9-12-5-4-6-15(17-12)18-3/h4-8H,9,16H2,1-3H3. The van der Waals surface area contributed by atoms with Gasteiger partial charge < -0.3 is 15.2 Å². The van der Waals surface area contributed by atoms with Crippen molar-refractivity contribution in [3.8, 4) is 11.6 Å². The van der Waals surface area contributed by atoms with Crippen LogP contribution in [0, 0.1) is 13.8 Å². The Morgan fingerprint density at radius 3 is 2.68 bits per heavy atom. The van der Waals surface area contributed by atoms with E-state index in [4.69, 9.17) is 15.2 Å². The minimum absolute atomic E-state index is 0.389. The Morgan fingerprint density at radius 1 is 1.16 bits per heavy atom. The van der Waals surface area contributed by atoms with Crippen molar-refractivity contribution in [1.82, 2.24) is 4.98 Å². The molecule has 4 nitrogen and oxygen atoms in total. The van der Waals surface area contributed by atoms with E-state index in [1.165, 1.54) is 0 Å². The number of aromatic nitrogens is 1. The number of aryl methyl sites for hydroxylation is 2. The van der Waals surface area contributed by atoms with Crippen LogP contribution in [0.4, 0.5) is 5.69 Å². The number of pyridine rings is 1. The van der Waals surface area contributed by atoms with Crippen molar-refractivity contribution in [2.24, 2.45) is 0 Å². The van der Waals surface area contributed by atoms with Crippen molar-refractivity contribution in [2.75, 3.05) is 12.8 Å². The maximum atomic E-state index is 5.89. The van der Waals surface area contributed by atoms with Crippen LogP contribution in [0.3, 0.4) is 0 Å². The van der Waals surface area contributed by atoms with Crippen LogP contribution in [0.2, 0.25) is 0 Å². The van der Waals surface area contributed by atoms with Crippen LogP contribution in [-0.4, -0.2) is 12.1 Å². The first-order chi connectivity index (χ1) is 9.10. The van der Waals surface area contributed by atoms with Crippen molar-refractivity contribution in [1.29, 1.82) is 0 Å². The second-order valence-corrected chi connectivity index (χ2v) is 4.43. The number of anilines is 1. The first-order valence-electron chi connectivity index (χ1n) is 6.09. The number of methoxy groups -OCH3 is 1. The lowest BCUT2D eigenvalue weighted by Crippen LogP contribution is -2.02. The van der Waals surface area contributed by atoms with Crippen LogP contribution in [0.25, 0.3) is 0 Å². The van der Waals surface area contributed by atoms with Crippen molar-refractivity contribution < 1.29 is 9.47 Å². The lowest BCUT2D eigenvalue weighted by Gasteiger charge is -2.11. The van der Waals surface area contributed by atoms with E-state index < -0.39 is 0 Å². The van der Waals surface area contributed by atoms with E-state index in [0.717, 1.165) is 28.3 Å². The number of hydrogen-bond donors (Lipinski definition) is 1. The molecule has 0 fully saturated rings. The summed E-state index contributed by atoms with van der Waals surface area (Å²) in [4.78, 5) is 4.30. The Morgan fingerprint density at radius 2 is 1.95 bits per heavy atom. The normalized spacial score (nSPS) is 10.3. The summed E-state index contributed by atoms with van der Waals surface area (Å²) in [6, 6.07) is 9.46. The molecule has 0 unspecified atom stereocenters. The molecule has 19 heavy (non-hydrogen) atoms. The molecule has 0 amide bonds. The van der Waals surface area contributed by atoms with Crippen molar-refractivity contribution in [2.45, 2.75) is 20.5 Å². The number of nitrogens with two attached hydrogens (primary N) is 1. The van der Waals surface area contributed by atoms with Gasteiger partial charge in [0.2, 0.25) is 5.88 Å². The van der Waals surface area contributed by atoms with Gasteiger partial charge in [-0.3, -0.25) is 0 Å². The van der Waals surface area contributed by atoms with Gasteiger partial charge in [0.25, 0.3) is 0 Å². The number of ether oxygens (including phenoxy) is 2. The highest BCUT2D eigenvalue weighted by Gasteiger charge is 2.05. The molecule has 0 aliphatic carbocycles. The Labute approximate surface area is 113 Å². The van der Waals surface area contributed by atoms with Gasteiger partial charge in [-0.1, -0.05) is 12.1 Å². The maximum absolute atomic E-state index is 5.89. The third-order valence-corrected chi connectivity index (χ3v) is 2.93. The van der Waals surface area contributed by atoms with Gasteiger partial charge >= 0.3 is 0 Å². The van der Waals surface area contributed by atoms with Crippen molar-refractivity contribution >= 4 is 5.69 Å². The molecule has 0 atom stereocenters. The summed E-state index contributed by atoms with van der Waals surface area (Å²) in [7, 11) is 1.60. The number of rotatable bonds is 4. The van der Waals surface area contributed by atoms with Crippen LogP contribution in [0.15, 0.2) is 30.3 Å². The maximum Gasteiger partial charge on any atom is 0.213 e. The second kappa shape index (κ2) is 5.61. The zero-order valence-corrected chi connectivity index (χ0v) is 11.4. The molecule has 0 saturated heterocycles. The molecule has 4 heteroatoms. The number of hydrogen-bond acceptors (Lipinski definition) is 4. The predicted molar refractivity (Wildman–Crippen MR) is 75.4 cm³/mol. The van der Waals surface area contributed by atoms with Gasteiger partial charge in [0.05, 0.1) is 12.8 Å².